The summed E-state index contributed by atoms with van der Waals surface area (Å²) in [5, 5.41) is 0. The molecular formula is C14H16N6O. The summed E-state index contributed by atoms with van der Waals surface area (Å²) in [6.45, 7) is 0.473. The van der Waals surface area contributed by atoms with E-state index in [9.17, 15) is 0 Å². The highest BCUT2D eigenvalue weighted by molar-refractivity contribution is 5.93. The van der Waals surface area contributed by atoms with Crippen molar-refractivity contribution in [2.45, 2.75) is 6.61 Å². The Morgan fingerprint density at radius 2 is 1.67 bits per heavy atom. The standard InChI is InChI=1S/C14H16N6O/c15-13(16)20-14(17)19-11-1-3-12(4-2-11)21-9-10-5-7-18-8-6-10/h1-8H,9H2,(H6,15,16,17,19,20). The zero-order valence-corrected chi connectivity index (χ0v) is 11.3. The SMILES string of the molecule is NC(N)=NC(N)=Nc1ccc(OCc2ccncc2)cc1. The maximum atomic E-state index is 5.64. The lowest BCUT2D eigenvalue weighted by molar-refractivity contribution is 0.306. The zero-order chi connectivity index (χ0) is 15.1. The first-order valence-corrected chi connectivity index (χ1v) is 6.19. The number of nitrogens with zero attached hydrogens (tertiary/aromatic N) is 3. The first-order valence-electron chi connectivity index (χ1n) is 6.19. The molecule has 2 aromatic rings. The van der Waals surface area contributed by atoms with E-state index >= 15 is 0 Å². The van der Waals surface area contributed by atoms with Crippen LogP contribution in [0.15, 0.2) is 58.8 Å². The van der Waals surface area contributed by atoms with Crippen molar-refractivity contribution < 1.29 is 4.74 Å². The summed E-state index contributed by atoms with van der Waals surface area (Å²) in [7, 11) is 0. The summed E-state index contributed by atoms with van der Waals surface area (Å²) < 4.78 is 5.64. The zero-order valence-electron chi connectivity index (χ0n) is 11.3. The molecule has 0 fully saturated rings. The molecule has 0 unspecified atom stereocenters. The van der Waals surface area contributed by atoms with Gasteiger partial charge in [0.15, 0.2) is 5.96 Å². The number of nitrogens with two attached hydrogens (primary N) is 3. The molecule has 7 nitrogen and oxygen atoms in total. The molecule has 0 amide bonds. The molecule has 0 aliphatic carbocycles. The van der Waals surface area contributed by atoms with E-state index in [2.05, 4.69) is 15.0 Å². The van der Waals surface area contributed by atoms with Crippen LogP contribution in [-0.2, 0) is 6.61 Å². The van der Waals surface area contributed by atoms with Gasteiger partial charge >= 0.3 is 0 Å². The van der Waals surface area contributed by atoms with E-state index in [4.69, 9.17) is 21.9 Å². The van der Waals surface area contributed by atoms with E-state index in [0.717, 1.165) is 11.3 Å². The number of pyridine rings is 1. The summed E-state index contributed by atoms with van der Waals surface area (Å²) >= 11 is 0. The summed E-state index contributed by atoms with van der Waals surface area (Å²) in [4.78, 5) is 11.6. The van der Waals surface area contributed by atoms with Crippen molar-refractivity contribution in [3.8, 4) is 5.75 Å². The molecular weight excluding hydrogens is 268 g/mol. The second kappa shape index (κ2) is 6.90. The van der Waals surface area contributed by atoms with Gasteiger partial charge < -0.3 is 21.9 Å². The molecule has 0 saturated carbocycles. The third-order valence-electron chi connectivity index (χ3n) is 2.48. The van der Waals surface area contributed by atoms with Gasteiger partial charge in [-0.25, -0.2) is 4.99 Å². The maximum absolute atomic E-state index is 5.64. The molecule has 21 heavy (non-hydrogen) atoms. The van der Waals surface area contributed by atoms with Crippen molar-refractivity contribution >= 4 is 17.6 Å². The van der Waals surface area contributed by atoms with Crippen molar-refractivity contribution in [3.05, 3.63) is 54.4 Å². The van der Waals surface area contributed by atoms with Crippen LogP contribution in [0.1, 0.15) is 5.56 Å². The van der Waals surface area contributed by atoms with Gasteiger partial charge in [-0.1, -0.05) is 0 Å². The van der Waals surface area contributed by atoms with Gasteiger partial charge in [0, 0.05) is 12.4 Å². The van der Waals surface area contributed by atoms with Crippen LogP contribution in [0.25, 0.3) is 0 Å². The fraction of sp³-hybridized carbons (Fsp3) is 0.0714. The smallest absolute Gasteiger partial charge is 0.223 e. The number of aliphatic imine (C=N–C) groups is 2. The van der Waals surface area contributed by atoms with Crippen LogP contribution in [0.5, 0.6) is 5.75 Å². The predicted molar refractivity (Wildman–Crippen MR) is 82.1 cm³/mol. The second-order valence-corrected chi connectivity index (χ2v) is 4.14. The number of aromatic nitrogens is 1. The molecule has 1 aromatic carbocycles. The second-order valence-electron chi connectivity index (χ2n) is 4.14. The van der Waals surface area contributed by atoms with Crippen LogP contribution in [0, 0.1) is 0 Å². The summed E-state index contributed by atoms with van der Waals surface area (Å²) in [5.74, 6) is 0.597. The molecule has 0 radical (unpaired) electrons. The summed E-state index contributed by atoms with van der Waals surface area (Å²) in [6.07, 6.45) is 3.45. The Balaban J connectivity index is 1.98. The Morgan fingerprint density at radius 3 is 2.29 bits per heavy atom. The Bertz CT molecular complexity index is 632. The van der Waals surface area contributed by atoms with Gasteiger partial charge in [-0.3, -0.25) is 4.98 Å². The van der Waals surface area contributed by atoms with E-state index in [-0.39, 0.29) is 11.9 Å². The first kappa shape index (κ1) is 14.3. The first-order chi connectivity index (χ1) is 10.1. The van der Waals surface area contributed by atoms with E-state index in [0.29, 0.717) is 12.3 Å². The Kier molecular flexibility index (Phi) is 4.70. The van der Waals surface area contributed by atoms with Gasteiger partial charge in [0.05, 0.1) is 5.69 Å². The normalized spacial score (nSPS) is 11.0. The number of hydrogen-bond donors (Lipinski definition) is 3. The minimum Gasteiger partial charge on any atom is -0.489 e. The monoisotopic (exact) mass is 284 g/mol. The number of hydrogen-bond acceptors (Lipinski definition) is 3. The number of guanidine groups is 2. The van der Waals surface area contributed by atoms with Crippen LogP contribution >= 0.6 is 0 Å². The van der Waals surface area contributed by atoms with Crippen molar-refractivity contribution in [2.24, 2.45) is 27.2 Å². The van der Waals surface area contributed by atoms with Gasteiger partial charge in [-0.05, 0) is 42.0 Å². The van der Waals surface area contributed by atoms with E-state index in [1.807, 2.05) is 12.1 Å². The van der Waals surface area contributed by atoms with Crippen molar-refractivity contribution in [3.63, 3.8) is 0 Å². The lowest BCUT2D eigenvalue weighted by Gasteiger charge is -2.06. The topological polar surface area (TPSA) is 125 Å². The highest BCUT2D eigenvalue weighted by Gasteiger charge is 1.97. The fourth-order valence-electron chi connectivity index (χ4n) is 1.55. The van der Waals surface area contributed by atoms with E-state index in [1.165, 1.54) is 0 Å². The van der Waals surface area contributed by atoms with Crippen LogP contribution in [0.4, 0.5) is 5.69 Å². The number of rotatable bonds is 4. The quantitative estimate of drug-likeness (QED) is 0.567. The van der Waals surface area contributed by atoms with Crippen LogP contribution in [0.3, 0.4) is 0 Å². The highest BCUT2D eigenvalue weighted by atomic mass is 16.5. The van der Waals surface area contributed by atoms with Crippen molar-refractivity contribution in [2.75, 3.05) is 0 Å². The van der Waals surface area contributed by atoms with Crippen LogP contribution < -0.4 is 21.9 Å². The largest absolute Gasteiger partial charge is 0.489 e. The molecule has 0 aliphatic heterocycles. The average Bonchev–Trinajstić information content (AvgIpc) is 2.47. The molecule has 0 bridgehead atoms. The minimum atomic E-state index is -0.131. The summed E-state index contributed by atoms with van der Waals surface area (Å²) in [6, 6.07) is 10.9. The van der Waals surface area contributed by atoms with Crippen molar-refractivity contribution in [1.29, 1.82) is 0 Å². The molecule has 0 saturated heterocycles. The van der Waals surface area contributed by atoms with Gasteiger partial charge in [0.1, 0.15) is 12.4 Å². The molecule has 0 aliphatic rings. The fourth-order valence-corrected chi connectivity index (χ4v) is 1.55. The molecule has 2 rings (SSSR count). The summed E-state index contributed by atoms with van der Waals surface area (Å²) in [5.41, 5.74) is 17.6. The van der Waals surface area contributed by atoms with E-state index in [1.54, 1.807) is 36.7 Å². The predicted octanol–water partition coefficient (Wildman–Crippen LogP) is 0.880. The number of benzene rings is 1. The van der Waals surface area contributed by atoms with Crippen molar-refractivity contribution in [1.82, 2.24) is 4.98 Å². The Morgan fingerprint density at radius 1 is 1.00 bits per heavy atom. The molecule has 1 heterocycles. The molecule has 6 N–H and O–H groups in total. The van der Waals surface area contributed by atoms with Crippen LogP contribution in [-0.4, -0.2) is 16.9 Å². The third-order valence-corrected chi connectivity index (χ3v) is 2.48. The minimum absolute atomic E-state index is 0.000420. The van der Waals surface area contributed by atoms with Gasteiger partial charge in [0.2, 0.25) is 5.96 Å². The Hall–Kier alpha value is -3.09. The van der Waals surface area contributed by atoms with Gasteiger partial charge in [-0.2, -0.15) is 4.99 Å². The number of ether oxygens (including phenoxy) is 1. The third kappa shape index (κ3) is 4.83. The molecule has 0 atom stereocenters. The van der Waals surface area contributed by atoms with Crippen LogP contribution in [0.2, 0.25) is 0 Å². The highest BCUT2D eigenvalue weighted by Crippen LogP contribution is 2.19. The molecule has 7 heteroatoms. The molecule has 1 aromatic heterocycles. The Labute approximate surface area is 122 Å². The molecule has 108 valence electrons. The van der Waals surface area contributed by atoms with Gasteiger partial charge in [0.25, 0.3) is 0 Å². The van der Waals surface area contributed by atoms with E-state index < -0.39 is 0 Å². The lowest BCUT2D eigenvalue weighted by Crippen LogP contribution is -2.26. The average molecular weight is 284 g/mol. The molecule has 0 spiro atoms. The maximum Gasteiger partial charge on any atom is 0.223 e. The van der Waals surface area contributed by atoms with Gasteiger partial charge in [-0.15, -0.1) is 0 Å². The lowest BCUT2D eigenvalue weighted by atomic mass is 10.3.